The van der Waals surface area contributed by atoms with Crippen molar-refractivity contribution in [2.24, 2.45) is 0 Å². The SMILES string of the molecule is O=c1ccc2ccccc2n1OCO. The number of para-hydroxylation sites is 1. The van der Waals surface area contributed by atoms with Gasteiger partial charge in [-0.25, -0.2) is 0 Å². The Hall–Kier alpha value is -1.81. The van der Waals surface area contributed by atoms with Crippen LogP contribution in [0.2, 0.25) is 0 Å². The van der Waals surface area contributed by atoms with Crippen molar-refractivity contribution in [2.75, 3.05) is 6.79 Å². The molecule has 0 aliphatic carbocycles. The molecule has 0 saturated carbocycles. The van der Waals surface area contributed by atoms with Gasteiger partial charge in [-0.2, -0.15) is 0 Å². The van der Waals surface area contributed by atoms with E-state index in [1.807, 2.05) is 12.1 Å². The van der Waals surface area contributed by atoms with Crippen molar-refractivity contribution >= 4 is 10.9 Å². The third kappa shape index (κ3) is 1.36. The molecule has 1 aromatic heterocycles. The second-order valence-electron chi connectivity index (χ2n) is 2.78. The van der Waals surface area contributed by atoms with Gasteiger partial charge < -0.3 is 9.94 Å². The summed E-state index contributed by atoms with van der Waals surface area (Å²) in [7, 11) is 0. The molecule has 1 aromatic carbocycles. The zero-order valence-corrected chi connectivity index (χ0v) is 7.38. The quantitative estimate of drug-likeness (QED) is 0.698. The van der Waals surface area contributed by atoms with Crippen LogP contribution in [0.25, 0.3) is 10.9 Å². The summed E-state index contributed by atoms with van der Waals surface area (Å²) in [4.78, 5) is 16.2. The molecule has 2 rings (SSSR count). The summed E-state index contributed by atoms with van der Waals surface area (Å²) < 4.78 is 1.08. The smallest absolute Gasteiger partial charge is 0.283 e. The predicted molar refractivity (Wildman–Crippen MR) is 51.9 cm³/mol. The van der Waals surface area contributed by atoms with E-state index in [4.69, 9.17) is 9.94 Å². The first kappa shape index (κ1) is 8.77. The zero-order chi connectivity index (χ0) is 9.97. The maximum atomic E-state index is 11.3. The Balaban J connectivity index is 2.76. The number of rotatable bonds is 2. The summed E-state index contributed by atoms with van der Waals surface area (Å²) >= 11 is 0. The molecule has 1 heterocycles. The molecule has 72 valence electrons. The van der Waals surface area contributed by atoms with Gasteiger partial charge in [-0.3, -0.25) is 4.79 Å². The summed E-state index contributed by atoms with van der Waals surface area (Å²) in [5, 5.41) is 9.51. The number of aliphatic hydroxyl groups excluding tert-OH is 1. The van der Waals surface area contributed by atoms with E-state index in [0.717, 1.165) is 10.1 Å². The minimum absolute atomic E-state index is 0.294. The topological polar surface area (TPSA) is 51.5 Å². The molecule has 0 aliphatic rings. The first-order chi connectivity index (χ1) is 6.83. The molecule has 0 atom stereocenters. The van der Waals surface area contributed by atoms with Crippen LogP contribution in [0.1, 0.15) is 0 Å². The zero-order valence-electron chi connectivity index (χ0n) is 7.38. The summed E-state index contributed by atoms with van der Waals surface area (Å²) in [6.07, 6.45) is 0. The standard InChI is InChI=1S/C10H9NO3/c12-7-14-11-9-4-2-1-3-8(9)5-6-10(11)13/h1-6,12H,7H2. The summed E-state index contributed by atoms with van der Waals surface area (Å²) in [5.74, 6) is 0. The van der Waals surface area contributed by atoms with Crippen LogP contribution in [-0.2, 0) is 0 Å². The molecular weight excluding hydrogens is 182 g/mol. The van der Waals surface area contributed by atoms with Crippen molar-refractivity contribution in [3.8, 4) is 0 Å². The lowest BCUT2D eigenvalue weighted by Crippen LogP contribution is -2.26. The van der Waals surface area contributed by atoms with Crippen LogP contribution in [0.4, 0.5) is 0 Å². The number of hydrogen-bond acceptors (Lipinski definition) is 3. The fourth-order valence-corrected chi connectivity index (χ4v) is 1.35. The Morgan fingerprint density at radius 2 is 2.00 bits per heavy atom. The van der Waals surface area contributed by atoms with Gasteiger partial charge in [-0.05, 0) is 12.1 Å². The van der Waals surface area contributed by atoms with Crippen LogP contribution >= 0.6 is 0 Å². The van der Waals surface area contributed by atoms with E-state index in [9.17, 15) is 4.79 Å². The largest absolute Gasteiger partial charge is 0.382 e. The van der Waals surface area contributed by atoms with Gasteiger partial charge in [0, 0.05) is 11.5 Å². The number of aromatic nitrogens is 1. The first-order valence-corrected chi connectivity index (χ1v) is 4.18. The highest BCUT2D eigenvalue weighted by Crippen LogP contribution is 2.09. The molecule has 0 fully saturated rings. The monoisotopic (exact) mass is 191 g/mol. The molecule has 4 heteroatoms. The molecular formula is C10H9NO3. The van der Waals surface area contributed by atoms with Crippen molar-refractivity contribution in [2.45, 2.75) is 0 Å². The van der Waals surface area contributed by atoms with Crippen LogP contribution in [0.5, 0.6) is 0 Å². The minimum Gasteiger partial charge on any atom is -0.382 e. The van der Waals surface area contributed by atoms with Crippen LogP contribution < -0.4 is 10.4 Å². The maximum absolute atomic E-state index is 11.3. The summed E-state index contributed by atoms with van der Waals surface area (Å²) in [6.45, 7) is -0.520. The van der Waals surface area contributed by atoms with E-state index in [2.05, 4.69) is 0 Å². The molecule has 0 bridgehead atoms. The fraction of sp³-hybridized carbons (Fsp3) is 0.100. The lowest BCUT2D eigenvalue weighted by molar-refractivity contribution is -0.0101. The van der Waals surface area contributed by atoms with Gasteiger partial charge in [0.05, 0.1) is 5.52 Å². The Kier molecular flexibility index (Phi) is 2.20. The number of pyridine rings is 1. The van der Waals surface area contributed by atoms with Crippen molar-refractivity contribution in [1.29, 1.82) is 0 Å². The summed E-state index contributed by atoms with van der Waals surface area (Å²) in [6, 6.07) is 10.4. The molecule has 0 spiro atoms. The Labute approximate surface area is 79.9 Å². The van der Waals surface area contributed by atoms with Crippen molar-refractivity contribution in [1.82, 2.24) is 4.73 Å². The average molecular weight is 191 g/mol. The van der Waals surface area contributed by atoms with Crippen LogP contribution in [0.15, 0.2) is 41.2 Å². The molecule has 1 N–H and O–H groups in total. The maximum Gasteiger partial charge on any atom is 0.283 e. The molecule has 0 amide bonds. The Morgan fingerprint density at radius 3 is 2.79 bits per heavy atom. The highest BCUT2D eigenvalue weighted by atomic mass is 16.7. The van der Waals surface area contributed by atoms with Gasteiger partial charge in [0.1, 0.15) is 0 Å². The lowest BCUT2D eigenvalue weighted by atomic mass is 10.2. The van der Waals surface area contributed by atoms with E-state index in [-0.39, 0.29) is 5.56 Å². The highest BCUT2D eigenvalue weighted by molar-refractivity contribution is 5.78. The van der Waals surface area contributed by atoms with Gasteiger partial charge in [-0.1, -0.05) is 18.2 Å². The third-order valence-corrected chi connectivity index (χ3v) is 1.95. The van der Waals surface area contributed by atoms with E-state index in [1.54, 1.807) is 18.2 Å². The van der Waals surface area contributed by atoms with Gasteiger partial charge in [0.2, 0.25) is 6.79 Å². The van der Waals surface area contributed by atoms with Gasteiger partial charge in [0.15, 0.2) is 0 Å². The highest BCUT2D eigenvalue weighted by Gasteiger charge is 2.01. The fourth-order valence-electron chi connectivity index (χ4n) is 1.35. The van der Waals surface area contributed by atoms with Crippen LogP contribution in [-0.4, -0.2) is 16.6 Å². The Morgan fingerprint density at radius 1 is 1.21 bits per heavy atom. The van der Waals surface area contributed by atoms with Crippen LogP contribution in [0, 0.1) is 0 Å². The minimum atomic E-state index is -0.520. The molecule has 0 unspecified atom stereocenters. The lowest BCUT2D eigenvalue weighted by Gasteiger charge is -2.08. The molecule has 0 saturated heterocycles. The second-order valence-corrected chi connectivity index (χ2v) is 2.78. The molecule has 0 aliphatic heterocycles. The summed E-state index contributed by atoms with van der Waals surface area (Å²) in [5.41, 5.74) is 0.354. The van der Waals surface area contributed by atoms with Crippen molar-refractivity contribution < 1.29 is 9.94 Å². The third-order valence-electron chi connectivity index (χ3n) is 1.95. The first-order valence-electron chi connectivity index (χ1n) is 4.18. The van der Waals surface area contributed by atoms with E-state index >= 15 is 0 Å². The van der Waals surface area contributed by atoms with E-state index in [0.29, 0.717) is 5.52 Å². The van der Waals surface area contributed by atoms with Gasteiger partial charge in [0.25, 0.3) is 5.56 Å². The van der Waals surface area contributed by atoms with Crippen LogP contribution in [0.3, 0.4) is 0 Å². The average Bonchev–Trinajstić information content (AvgIpc) is 2.23. The number of aliphatic hydroxyl groups is 1. The van der Waals surface area contributed by atoms with Crippen molar-refractivity contribution in [3.05, 3.63) is 46.8 Å². The normalized spacial score (nSPS) is 10.4. The second kappa shape index (κ2) is 3.51. The number of fused-ring (bicyclic) bond motifs is 1. The van der Waals surface area contributed by atoms with E-state index in [1.165, 1.54) is 6.07 Å². The molecule has 4 nitrogen and oxygen atoms in total. The van der Waals surface area contributed by atoms with E-state index < -0.39 is 6.79 Å². The van der Waals surface area contributed by atoms with Gasteiger partial charge >= 0.3 is 0 Å². The number of nitrogens with zero attached hydrogens (tertiary/aromatic N) is 1. The molecule has 14 heavy (non-hydrogen) atoms. The number of hydrogen-bond donors (Lipinski definition) is 1. The molecule has 0 radical (unpaired) electrons. The number of benzene rings is 1. The molecule has 2 aromatic rings. The predicted octanol–water partition coefficient (Wildman–Crippen LogP) is 0.380. The van der Waals surface area contributed by atoms with Gasteiger partial charge in [-0.15, -0.1) is 4.73 Å². The van der Waals surface area contributed by atoms with Crippen molar-refractivity contribution in [3.63, 3.8) is 0 Å². The Bertz CT molecular complexity index is 504.